The fourth-order valence-corrected chi connectivity index (χ4v) is 6.53. The van der Waals surface area contributed by atoms with E-state index in [1.54, 1.807) is 36.4 Å². The molecule has 0 fully saturated rings. The summed E-state index contributed by atoms with van der Waals surface area (Å²) in [7, 11) is -2.77. The van der Waals surface area contributed by atoms with Crippen LogP contribution < -0.4 is 14.4 Å². The maximum Gasteiger partial charge on any atom is 0.264 e. The summed E-state index contributed by atoms with van der Waals surface area (Å²) in [6, 6.07) is 27.3. The summed E-state index contributed by atoms with van der Waals surface area (Å²) in [5.41, 5.74) is 1.76. The van der Waals surface area contributed by atoms with Gasteiger partial charge in [0.2, 0.25) is 11.8 Å². The third-order valence-electron chi connectivity index (χ3n) is 6.98. The first-order valence-electron chi connectivity index (χ1n) is 14.3. The second kappa shape index (κ2) is 15.3. The number of halogens is 2. The molecule has 0 aliphatic carbocycles. The molecule has 0 unspecified atom stereocenters. The maximum absolute atomic E-state index is 14.4. The van der Waals surface area contributed by atoms with Gasteiger partial charge >= 0.3 is 0 Å². The van der Waals surface area contributed by atoms with Crippen molar-refractivity contribution in [3.05, 3.63) is 124 Å². The number of methoxy groups -OCH3 is 1. The lowest BCUT2D eigenvalue weighted by Gasteiger charge is -2.34. The summed E-state index contributed by atoms with van der Waals surface area (Å²) in [5, 5.41) is 3.81. The summed E-state index contributed by atoms with van der Waals surface area (Å²) in [6.45, 7) is 3.10. The average molecular weight is 669 g/mol. The number of nitrogens with zero attached hydrogens (tertiary/aromatic N) is 2. The Morgan fingerprint density at radius 2 is 1.47 bits per heavy atom. The molecule has 4 rings (SSSR count). The molecule has 1 N–H and O–H groups in total. The van der Waals surface area contributed by atoms with E-state index in [2.05, 4.69) is 5.32 Å². The number of carbonyl (C=O) groups is 2. The highest BCUT2D eigenvalue weighted by Crippen LogP contribution is 2.27. The molecule has 0 radical (unpaired) electrons. The Bertz CT molecular complexity index is 1700. The third-order valence-corrected chi connectivity index (χ3v) is 9.26. The molecule has 11 heteroatoms. The molecule has 45 heavy (non-hydrogen) atoms. The second-order valence-electron chi connectivity index (χ2n) is 10.7. The number of rotatable bonds is 13. The van der Waals surface area contributed by atoms with Crippen molar-refractivity contribution in [3.8, 4) is 5.75 Å². The van der Waals surface area contributed by atoms with E-state index in [0.29, 0.717) is 21.4 Å². The SMILES string of the molecule is COc1ccc(S(=O)(=O)N(CC(=O)N(Cc2cccc(Cl)c2)[C@@H](Cc2ccccc2)C(=O)NC(C)C)c2ccc(Cl)cc2)cc1. The Hall–Kier alpha value is -4.05. The number of hydrogen-bond donors (Lipinski definition) is 1. The molecule has 0 saturated heterocycles. The minimum Gasteiger partial charge on any atom is -0.497 e. The number of carbonyl (C=O) groups excluding carboxylic acids is 2. The molecule has 0 saturated carbocycles. The molecular weight excluding hydrogens is 633 g/mol. The highest BCUT2D eigenvalue weighted by atomic mass is 35.5. The summed E-state index contributed by atoms with van der Waals surface area (Å²) in [6.07, 6.45) is 0.206. The topological polar surface area (TPSA) is 96.0 Å². The van der Waals surface area contributed by atoms with Gasteiger partial charge in [-0.2, -0.15) is 0 Å². The lowest BCUT2D eigenvalue weighted by molar-refractivity contribution is -0.140. The van der Waals surface area contributed by atoms with Crippen molar-refractivity contribution in [2.75, 3.05) is 18.0 Å². The van der Waals surface area contributed by atoms with Gasteiger partial charge in [0.15, 0.2) is 0 Å². The van der Waals surface area contributed by atoms with Crippen molar-refractivity contribution in [3.63, 3.8) is 0 Å². The number of anilines is 1. The molecule has 2 amide bonds. The Morgan fingerprint density at radius 3 is 2.07 bits per heavy atom. The summed E-state index contributed by atoms with van der Waals surface area (Å²) in [5.74, 6) is -0.460. The largest absolute Gasteiger partial charge is 0.497 e. The van der Waals surface area contributed by atoms with Crippen LogP contribution >= 0.6 is 23.2 Å². The van der Waals surface area contributed by atoms with Crippen molar-refractivity contribution in [1.29, 1.82) is 0 Å². The van der Waals surface area contributed by atoms with Gasteiger partial charge in [0, 0.05) is 29.1 Å². The van der Waals surface area contributed by atoms with Crippen LogP contribution in [0.15, 0.2) is 108 Å². The van der Waals surface area contributed by atoms with Crippen molar-refractivity contribution >= 4 is 50.7 Å². The van der Waals surface area contributed by atoms with E-state index in [1.807, 2.05) is 44.2 Å². The van der Waals surface area contributed by atoms with Gasteiger partial charge in [-0.15, -0.1) is 0 Å². The first kappa shape index (κ1) is 33.8. The van der Waals surface area contributed by atoms with Crippen LogP contribution in [0.25, 0.3) is 0 Å². The number of sulfonamides is 1. The molecule has 0 aromatic heterocycles. The van der Waals surface area contributed by atoms with E-state index in [0.717, 1.165) is 9.87 Å². The molecular formula is C34H35Cl2N3O5S. The van der Waals surface area contributed by atoms with E-state index in [-0.39, 0.29) is 35.5 Å². The van der Waals surface area contributed by atoms with Crippen LogP contribution in [0.5, 0.6) is 5.75 Å². The van der Waals surface area contributed by atoms with Gasteiger partial charge in [-0.3, -0.25) is 13.9 Å². The van der Waals surface area contributed by atoms with Crippen molar-refractivity contribution in [1.82, 2.24) is 10.2 Å². The van der Waals surface area contributed by atoms with Crippen LogP contribution in [-0.2, 0) is 32.6 Å². The minimum absolute atomic E-state index is 0.0133. The van der Waals surface area contributed by atoms with Crippen LogP contribution in [0.4, 0.5) is 5.69 Å². The predicted molar refractivity (Wildman–Crippen MR) is 178 cm³/mol. The molecule has 0 spiro atoms. The lowest BCUT2D eigenvalue weighted by Crippen LogP contribution is -2.54. The normalized spacial score (nSPS) is 12.0. The molecule has 1 atom stereocenters. The van der Waals surface area contributed by atoms with Gasteiger partial charge in [0.05, 0.1) is 17.7 Å². The number of nitrogens with one attached hydrogen (secondary N) is 1. The third kappa shape index (κ3) is 9.00. The molecule has 0 aliphatic heterocycles. The lowest BCUT2D eigenvalue weighted by atomic mass is 10.0. The molecule has 8 nitrogen and oxygen atoms in total. The number of benzene rings is 4. The van der Waals surface area contributed by atoms with Gasteiger partial charge in [0.1, 0.15) is 18.3 Å². The van der Waals surface area contributed by atoms with E-state index >= 15 is 0 Å². The first-order chi connectivity index (χ1) is 21.5. The van der Waals surface area contributed by atoms with Crippen LogP contribution in [-0.4, -0.2) is 50.9 Å². The standard InChI is InChI=1S/C34H35Cl2N3O5S/c1-24(2)37-34(41)32(21-25-8-5-4-6-9-25)38(22-26-10-7-11-28(36)20-26)33(40)23-39(29-14-12-27(35)13-15-29)45(42,43)31-18-16-30(44-3)17-19-31/h4-20,24,32H,21-23H2,1-3H3,(H,37,41)/t32-/m0/s1. The molecule has 0 aliphatic rings. The van der Waals surface area contributed by atoms with Gasteiger partial charge in [-0.25, -0.2) is 8.42 Å². The van der Waals surface area contributed by atoms with Crippen LogP contribution in [0.1, 0.15) is 25.0 Å². The fourth-order valence-electron chi connectivity index (χ4n) is 4.78. The average Bonchev–Trinajstić information content (AvgIpc) is 3.02. The number of ether oxygens (including phenoxy) is 1. The Balaban J connectivity index is 1.80. The zero-order valence-electron chi connectivity index (χ0n) is 25.2. The van der Waals surface area contributed by atoms with Crippen molar-refractivity contribution < 1.29 is 22.7 Å². The zero-order chi connectivity index (χ0) is 32.6. The van der Waals surface area contributed by atoms with E-state index in [1.165, 1.54) is 48.4 Å². The van der Waals surface area contributed by atoms with E-state index < -0.39 is 28.5 Å². The van der Waals surface area contributed by atoms with Crippen LogP contribution in [0.2, 0.25) is 10.0 Å². The number of amides is 2. The van der Waals surface area contributed by atoms with Gasteiger partial charge < -0.3 is 15.0 Å². The maximum atomic E-state index is 14.4. The predicted octanol–water partition coefficient (Wildman–Crippen LogP) is 6.36. The van der Waals surface area contributed by atoms with Crippen molar-refractivity contribution in [2.24, 2.45) is 0 Å². The molecule has 236 valence electrons. The van der Waals surface area contributed by atoms with Gasteiger partial charge in [-0.1, -0.05) is 65.7 Å². The Morgan fingerprint density at radius 1 is 0.822 bits per heavy atom. The molecule has 0 bridgehead atoms. The quantitative estimate of drug-likeness (QED) is 0.179. The highest BCUT2D eigenvalue weighted by molar-refractivity contribution is 7.92. The smallest absolute Gasteiger partial charge is 0.264 e. The molecule has 0 heterocycles. The van der Waals surface area contributed by atoms with E-state index in [9.17, 15) is 18.0 Å². The zero-order valence-corrected chi connectivity index (χ0v) is 27.5. The summed E-state index contributed by atoms with van der Waals surface area (Å²) < 4.78 is 34.4. The molecule has 4 aromatic carbocycles. The van der Waals surface area contributed by atoms with Crippen LogP contribution in [0, 0.1) is 0 Å². The Kier molecular flexibility index (Phi) is 11.5. The minimum atomic E-state index is -4.26. The summed E-state index contributed by atoms with van der Waals surface area (Å²) in [4.78, 5) is 29.6. The second-order valence-corrected chi connectivity index (χ2v) is 13.4. The van der Waals surface area contributed by atoms with Crippen molar-refractivity contribution in [2.45, 2.75) is 43.8 Å². The first-order valence-corrected chi connectivity index (χ1v) is 16.5. The van der Waals surface area contributed by atoms with E-state index in [4.69, 9.17) is 27.9 Å². The van der Waals surface area contributed by atoms with Gasteiger partial charge in [-0.05, 0) is 85.6 Å². The highest BCUT2D eigenvalue weighted by Gasteiger charge is 2.35. The summed E-state index contributed by atoms with van der Waals surface area (Å²) >= 11 is 12.4. The van der Waals surface area contributed by atoms with Crippen LogP contribution in [0.3, 0.4) is 0 Å². The number of hydrogen-bond acceptors (Lipinski definition) is 5. The molecule has 4 aromatic rings. The Labute approximate surface area is 274 Å². The monoisotopic (exact) mass is 667 g/mol. The van der Waals surface area contributed by atoms with Gasteiger partial charge in [0.25, 0.3) is 10.0 Å². The fraction of sp³-hybridized carbons (Fsp3) is 0.235.